The van der Waals surface area contributed by atoms with Gasteiger partial charge in [-0.2, -0.15) is 5.10 Å². The summed E-state index contributed by atoms with van der Waals surface area (Å²) in [6.45, 7) is 5.73. The number of nitrogens with zero attached hydrogens (tertiary/aromatic N) is 4. The van der Waals surface area contributed by atoms with Gasteiger partial charge in [-0.1, -0.05) is 37.3 Å². The van der Waals surface area contributed by atoms with Crippen LogP contribution in [0.2, 0.25) is 0 Å². The van der Waals surface area contributed by atoms with Crippen molar-refractivity contribution in [2.75, 3.05) is 19.6 Å². The molecule has 0 N–H and O–H groups in total. The van der Waals surface area contributed by atoms with Gasteiger partial charge in [0, 0.05) is 13.1 Å². The van der Waals surface area contributed by atoms with E-state index in [0.717, 1.165) is 13.1 Å². The van der Waals surface area contributed by atoms with E-state index >= 15 is 0 Å². The maximum Gasteiger partial charge on any atom is 0.137 e. The first-order chi connectivity index (χ1) is 10.4. The van der Waals surface area contributed by atoms with Crippen LogP contribution in [0.3, 0.4) is 0 Å². The zero-order valence-corrected chi connectivity index (χ0v) is 12.7. The summed E-state index contributed by atoms with van der Waals surface area (Å²) in [4.78, 5) is 6.67. The molecule has 2 heterocycles. The van der Waals surface area contributed by atoms with E-state index < -0.39 is 0 Å². The Bertz CT molecular complexity index is 523. The van der Waals surface area contributed by atoms with Crippen LogP contribution in [0.4, 0.5) is 0 Å². The molecule has 0 spiro atoms. The monoisotopic (exact) mass is 284 g/mol. The average Bonchev–Trinajstić information content (AvgIpc) is 3.08. The molecule has 3 rings (SSSR count). The number of aromatic nitrogens is 3. The van der Waals surface area contributed by atoms with Gasteiger partial charge in [-0.15, -0.1) is 0 Å². The highest BCUT2D eigenvalue weighted by Gasteiger charge is 2.23. The van der Waals surface area contributed by atoms with Crippen molar-refractivity contribution in [1.29, 1.82) is 0 Å². The van der Waals surface area contributed by atoms with Crippen molar-refractivity contribution in [3.63, 3.8) is 0 Å². The Morgan fingerprint density at radius 1 is 1.29 bits per heavy atom. The van der Waals surface area contributed by atoms with Crippen molar-refractivity contribution < 1.29 is 0 Å². The van der Waals surface area contributed by atoms with Gasteiger partial charge in [-0.3, -0.25) is 0 Å². The summed E-state index contributed by atoms with van der Waals surface area (Å²) < 4.78 is 2.02. The fraction of sp³-hybridized carbons (Fsp3) is 0.529. The molecule has 2 aromatic rings. The Kier molecular flexibility index (Phi) is 4.65. The van der Waals surface area contributed by atoms with Gasteiger partial charge in [0.15, 0.2) is 0 Å². The fourth-order valence-electron chi connectivity index (χ4n) is 3.33. The minimum Gasteiger partial charge on any atom is -0.301 e. The molecule has 1 aromatic carbocycles. The van der Waals surface area contributed by atoms with Crippen molar-refractivity contribution in [3.8, 4) is 0 Å². The third kappa shape index (κ3) is 3.50. The Morgan fingerprint density at radius 3 is 2.86 bits per heavy atom. The normalized spacial score (nSPS) is 21.3. The molecule has 1 aliphatic heterocycles. The first-order valence-electron chi connectivity index (χ1n) is 7.98. The van der Waals surface area contributed by atoms with E-state index in [1.807, 2.05) is 11.0 Å². The number of likely N-dealkylation sites (tertiary alicyclic amines) is 1. The Balaban J connectivity index is 1.63. The van der Waals surface area contributed by atoms with E-state index in [2.05, 4.69) is 52.2 Å². The third-order valence-corrected chi connectivity index (χ3v) is 4.53. The number of hydrogen-bond acceptors (Lipinski definition) is 3. The molecule has 0 aliphatic carbocycles. The molecule has 0 radical (unpaired) electrons. The molecule has 0 saturated carbocycles. The van der Waals surface area contributed by atoms with E-state index in [4.69, 9.17) is 0 Å². The first kappa shape index (κ1) is 14.3. The standard InChI is InChI=1S/C17H24N4/c1-2-15(16-7-4-3-5-8-16)11-20-10-6-9-17(12-20)21-14-18-13-19-21/h3-5,7-8,13-15,17H,2,6,9-12H2,1H3/t15-,17+/m1/s1. The van der Waals surface area contributed by atoms with Gasteiger partial charge < -0.3 is 4.90 Å². The molecule has 21 heavy (non-hydrogen) atoms. The van der Waals surface area contributed by atoms with E-state index in [-0.39, 0.29) is 0 Å². The molecule has 112 valence electrons. The molecule has 1 saturated heterocycles. The van der Waals surface area contributed by atoms with Crippen LogP contribution in [0.25, 0.3) is 0 Å². The van der Waals surface area contributed by atoms with Crippen LogP contribution in [0.15, 0.2) is 43.0 Å². The van der Waals surface area contributed by atoms with Crippen LogP contribution in [0, 0.1) is 0 Å². The molecule has 4 nitrogen and oxygen atoms in total. The second kappa shape index (κ2) is 6.85. The first-order valence-corrected chi connectivity index (χ1v) is 7.98. The van der Waals surface area contributed by atoms with Crippen LogP contribution < -0.4 is 0 Å². The highest BCUT2D eigenvalue weighted by atomic mass is 15.3. The van der Waals surface area contributed by atoms with Gasteiger partial charge >= 0.3 is 0 Å². The number of piperidine rings is 1. The highest BCUT2D eigenvalue weighted by molar-refractivity contribution is 5.19. The fourth-order valence-corrected chi connectivity index (χ4v) is 3.33. The Morgan fingerprint density at radius 2 is 2.14 bits per heavy atom. The van der Waals surface area contributed by atoms with Crippen LogP contribution in [0.5, 0.6) is 0 Å². The lowest BCUT2D eigenvalue weighted by Crippen LogP contribution is -2.39. The lowest BCUT2D eigenvalue weighted by Gasteiger charge is -2.34. The lowest BCUT2D eigenvalue weighted by atomic mass is 9.94. The Hall–Kier alpha value is -1.68. The molecule has 0 amide bonds. The zero-order chi connectivity index (χ0) is 14.5. The van der Waals surface area contributed by atoms with Gasteiger partial charge in [-0.05, 0) is 37.3 Å². The van der Waals surface area contributed by atoms with Crippen molar-refractivity contribution >= 4 is 0 Å². The maximum absolute atomic E-state index is 4.31. The summed E-state index contributed by atoms with van der Waals surface area (Å²) in [6, 6.07) is 11.4. The van der Waals surface area contributed by atoms with Gasteiger partial charge in [0.2, 0.25) is 0 Å². The van der Waals surface area contributed by atoms with Crippen LogP contribution >= 0.6 is 0 Å². The summed E-state index contributed by atoms with van der Waals surface area (Å²) >= 11 is 0. The number of rotatable bonds is 5. The predicted octanol–water partition coefficient (Wildman–Crippen LogP) is 3.11. The molecule has 1 aliphatic rings. The van der Waals surface area contributed by atoms with E-state index in [9.17, 15) is 0 Å². The largest absolute Gasteiger partial charge is 0.301 e. The summed E-state index contributed by atoms with van der Waals surface area (Å²) in [6.07, 6.45) is 7.13. The predicted molar refractivity (Wildman–Crippen MR) is 84.2 cm³/mol. The lowest BCUT2D eigenvalue weighted by molar-refractivity contribution is 0.160. The highest BCUT2D eigenvalue weighted by Crippen LogP contribution is 2.25. The maximum atomic E-state index is 4.31. The number of benzene rings is 1. The van der Waals surface area contributed by atoms with Gasteiger partial charge in [0.05, 0.1) is 6.04 Å². The molecule has 0 bridgehead atoms. The van der Waals surface area contributed by atoms with E-state index in [1.54, 1.807) is 6.33 Å². The van der Waals surface area contributed by atoms with Crippen molar-refractivity contribution in [2.24, 2.45) is 0 Å². The summed E-state index contributed by atoms with van der Waals surface area (Å²) in [5.74, 6) is 0.626. The van der Waals surface area contributed by atoms with E-state index in [1.165, 1.54) is 31.4 Å². The minimum absolute atomic E-state index is 0.481. The molecule has 1 aromatic heterocycles. The molecule has 2 atom stereocenters. The van der Waals surface area contributed by atoms with Gasteiger partial charge in [-0.25, -0.2) is 9.67 Å². The smallest absolute Gasteiger partial charge is 0.137 e. The van der Waals surface area contributed by atoms with Gasteiger partial charge in [0.25, 0.3) is 0 Å². The van der Waals surface area contributed by atoms with Crippen LogP contribution in [0.1, 0.15) is 43.7 Å². The average molecular weight is 284 g/mol. The molecular formula is C17H24N4. The summed E-state index contributed by atoms with van der Waals surface area (Å²) in [5.41, 5.74) is 1.46. The van der Waals surface area contributed by atoms with Gasteiger partial charge in [0.1, 0.15) is 12.7 Å². The van der Waals surface area contributed by atoms with Crippen LogP contribution in [-0.4, -0.2) is 39.3 Å². The SMILES string of the molecule is CC[C@H](CN1CCC[C@H](n2cncn2)C1)c1ccccc1. The topological polar surface area (TPSA) is 34.0 Å². The second-order valence-electron chi connectivity index (χ2n) is 5.95. The van der Waals surface area contributed by atoms with Crippen LogP contribution in [-0.2, 0) is 0 Å². The zero-order valence-electron chi connectivity index (χ0n) is 12.7. The quantitative estimate of drug-likeness (QED) is 0.846. The van der Waals surface area contributed by atoms with E-state index in [0.29, 0.717) is 12.0 Å². The number of hydrogen-bond donors (Lipinski definition) is 0. The third-order valence-electron chi connectivity index (χ3n) is 4.53. The Labute approximate surface area is 126 Å². The van der Waals surface area contributed by atoms with Crippen molar-refractivity contribution in [1.82, 2.24) is 19.7 Å². The molecule has 4 heteroatoms. The summed E-state index contributed by atoms with van der Waals surface area (Å²) in [7, 11) is 0. The molecule has 1 fully saturated rings. The summed E-state index contributed by atoms with van der Waals surface area (Å²) in [5, 5.41) is 4.31. The van der Waals surface area contributed by atoms with Crippen molar-refractivity contribution in [3.05, 3.63) is 48.5 Å². The second-order valence-corrected chi connectivity index (χ2v) is 5.95. The molecular weight excluding hydrogens is 260 g/mol. The van der Waals surface area contributed by atoms with Crippen molar-refractivity contribution in [2.45, 2.75) is 38.1 Å². The minimum atomic E-state index is 0.481. The molecule has 0 unspecified atom stereocenters.